The quantitative estimate of drug-likeness (QED) is 0.139. The summed E-state index contributed by atoms with van der Waals surface area (Å²) in [7, 11) is 0. The molecule has 70 heavy (non-hydrogen) atoms. The monoisotopic (exact) mass is 1190 g/mol. The van der Waals surface area contributed by atoms with Gasteiger partial charge in [-0.25, -0.2) is 0 Å². The molecule has 4 N–H and O–H groups in total. The zero-order valence-corrected chi connectivity index (χ0v) is 45.6. The van der Waals surface area contributed by atoms with Gasteiger partial charge in [-0.2, -0.15) is 0 Å². The smallest absolute Gasteiger partial charge is 0.138 e. The highest BCUT2D eigenvalue weighted by Gasteiger charge is 2.35. The van der Waals surface area contributed by atoms with Gasteiger partial charge < -0.3 is 20.4 Å². The Balaban J connectivity index is 1.17. The normalized spacial score (nSPS) is 21.1. The van der Waals surface area contributed by atoms with Gasteiger partial charge in [-0.1, -0.05) is 88.4 Å². The Kier molecular flexibility index (Phi) is 14.7. The predicted octanol–water partition coefficient (Wildman–Crippen LogP) is 12.1. The summed E-state index contributed by atoms with van der Waals surface area (Å²) >= 11 is 14.6. The average Bonchev–Trinajstić information content (AvgIpc) is 3.92. The molecule has 2 fully saturated rings. The van der Waals surface area contributed by atoms with Gasteiger partial charge in [0.2, 0.25) is 0 Å². The van der Waals surface area contributed by atoms with Crippen molar-refractivity contribution in [3.63, 3.8) is 0 Å². The number of aromatic hydroxyl groups is 4. The summed E-state index contributed by atoms with van der Waals surface area (Å²) in [5.74, 6) is 0.305. The van der Waals surface area contributed by atoms with Crippen molar-refractivity contribution in [3.05, 3.63) is 183 Å². The highest BCUT2D eigenvalue weighted by molar-refractivity contribution is 9.11. The van der Waals surface area contributed by atoms with E-state index in [0.29, 0.717) is 66.3 Å². The molecule has 2 saturated heterocycles. The molecule has 0 amide bonds. The molecule has 10 nitrogen and oxygen atoms in total. The fraction of sp³-hybridized carbons (Fsp3) is 0.286. The second-order valence-electron chi connectivity index (χ2n) is 19.6. The molecule has 0 radical (unpaired) electrons. The first-order chi connectivity index (χ1) is 33.4. The largest absolute Gasteiger partial charge is 0.506 e. The van der Waals surface area contributed by atoms with Crippen LogP contribution in [0.1, 0.15) is 83.3 Å². The number of fused-ring (bicyclic) bond motifs is 10. The first-order valence-corrected chi connectivity index (χ1v) is 26.4. The minimum Gasteiger partial charge on any atom is -0.506 e. The van der Waals surface area contributed by atoms with Gasteiger partial charge in [0.25, 0.3) is 0 Å². The lowest BCUT2D eigenvalue weighted by Crippen LogP contribution is -2.22. The minimum atomic E-state index is -0.619. The van der Waals surface area contributed by atoms with E-state index in [9.17, 15) is 20.4 Å². The highest BCUT2D eigenvalue weighted by Crippen LogP contribution is 2.43. The van der Waals surface area contributed by atoms with Crippen molar-refractivity contribution in [2.45, 2.75) is 75.8 Å². The zero-order valence-electron chi connectivity index (χ0n) is 39.2. The average molecular weight is 1190 g/mol. The molecule has 360 valence electrons. The van der Waals surface area contributed by atoms with Crippen molar-refractivity contribution in [2.24, 2.45) is 20.0 Å². The van der Waals surface area contributed by atoms with Crippen LogP contribution in [0, 0.1) is 0 Å². The van der Waals surface area contributed by atoms with Gasteiger partial charge >= 0.3 is 0 Å². The first-order valence-electron chi connectivity index (χ1n) is 23.2. The molecule has 6 aromatic rings. The fourth-order valence-electron chi connectivity index (χ4n) is 9.58. The van der Waals surface area contributed by atoms with Crippen LogP contribution in [-0.2, 0) is 23.9 Å². The van der Waals surface area contributed by atoms with Crippen molar-refractivity contribution >= 4 is 88.6 Å². The summed E-state index contributed by atoms with van der Waals surface area (Å²) in [4.78, 5) is 25.3. The van der Waals surface area contributed by atoms with E-state index in [1.54, 1.807) is 24.9 Å². The second kappa shape index (κ2) is 20.6. The molecule has 9 rings (SSSR count). The van der Waals surface area contributed by atoms with Crippen LogP contribution in [0.25, 0.3) is 0 Å². The molecule has 0 aromatic heterocycles. The second-order valence-corrected chi connectivity index (χ2v) is 23.0. The molecule has 0 spiro atoms. The van der Waals surface area contributed by atoms with Gasteiger partial charge in [-0.3, -0.25) is 29.8 Å². The fourth-order valence-corrected chi connectivity index (χ4v) is 11.5. The molecule has 3 aliphatic heterocycles. The van der Waals surface area contributed by atoms with Crippen molar-refractivity contribution in [2.75, 3.05) is 26.2 Å². The zero-order chi connectivity index (χ0) is 49.5. The summed E-state index contributed by atoms with van der Waals surface area (Å²) in [6, 6.07) is 35.1. The molecule has 8 bridgehead atoms. The number of phenolic OH excluding ortho intramolecular Hbond substituents is 4. The SMILES string of the molecule is CC1(C)c2cc(Br)c(O)c(c2)C=N[C@@H]2CN(Cc3ccccc3)C[C@H]2N=Cc2cc(cc(Br)c2O)C(C)(C)c2cc(Br)c(O)c(c2)C=N[C@@H]2CN(Cc3ccccc3)C[C@H]2N=Cc2cc1cc(Br)c2O. The third kappa shape index (κ3) is 10.6. The summed E-state index contributed by atoms with van der Waals surface area (Å²) in [6.45, 7) is 12.4. The molecule has 14 heteroatoms. The third-order valence-corrected chi connectivity index (χ3v) is 16.5. The van der Waals surface area contributed by atoms with E-state index < -0.39 is 10.8 Å². The number of benzene rings is 6. The molecule has 6 aromatic carbocycles. The molecule has 0 aliphatic carbocycles. The van der Waals surface area contributed by atoms with Crippen LogP contribution in [0.2, 0.25) is 0 Å². The van der Waals surface area contributed by atoms with Crippen LogP contribution < -0.4 is 0 Å². The summed E-state index contributed by atoms with van der Waals surface area (Å²) in [5, 5.41) is 46.0. The van der Waals surface area contributed by atoms with Gasteiger partial charge in [0, 0.05) is 97.2 Å². The minimum absolute atomic E-state index is 0.0763. The Labute approximate surface area is 443 Å². The molecule has 4 atom stereocenters. The Morgan fingerprint density at radius 2 is 0.657 bits per heavy atom. The van der Waals surface area contributed by atoms with Crippen molar-refractivity contribution < 1.29 is 20.4 Å². The lowest BCUT2D eigenvalue weighted by Gasteiger charge is -2.28. The predicted molar refractivity (Wildman–Crippen MR) is 296 cm³/mol. The lowest BCUT2D eigenvalue weighted by molar-refractivity contribution is 0.324. The van der Waals surface area contributed by atoms with Gasteiger partial charge in [0.05, 0.1) is 42.1 Å². The van der Waals surface area contributed by atoms with E-state index in [0.717, 1.165) is 35.3 Å². The molecular weight excluding hydrogens is 1140 g/mol. The van der Waals surface area contributed by atoms with E-state index in [1.807, 2.05) is 84.9 Å². The van der Waals surface area contributed by atoms with Crippen molar-refractivity contribution in [1.29, 1.82) is 0 Å². The molecular formula is C56H54Br4N6O4. The number of aliphatic imine (C=N–C) groups is 4. The van der Waals surface area contributed by atoms with Crippen molar-refractivity contribution in [1.82, 2.24) is 9.80 Å². The number of rotatable bonds is 4. The number of nitrogens with zero attached hydrogens (tertiary/aromatic N) is 6. The first kappa shape index (κ1) is 50.0. The highest BCUT2D eigenvalue weighted by atomic mass is 79.9. The van der Waals surface area contributed by atoms with Crippen molar-refractivity contribution in [3.8, 4) is 23.0 Å². The van der Waals surface area contributed by atoms with E-state index >= 15 is 0 Å². The Morgan fingerprint density at radius 1 is 0.414 bits per heavy atom. The van der Waals surface area contributed by atoms with Crippen LogP contribution >= 0.6 is 63.7 Å². The number of likely N-dealkylation sites (tertiary alicyclic amines) is 2. The number of phenols is 4. The van der Waals surface area contributed by atoms with Gasteiger partial charge in [-0.05, 0) is 146 Å². The van der Waals surface area contributed by atoms with Crippen LogP contribution in [0.5, 0.6) is 23.0 Å². The maximum atomic E-state index is 11.5. The van der Waals surface area contributed by atoms with E-state index in [2.05, 4.69) is 125 Å². The molecule has 0 saturated carbocycles. The summed E-state index contributed by atoms with van der Waals surface area (Å²) < 4.78 is 2.12. The number of halogens is 4. The maximum absolute atomic E-state index is 11.5. The van der Waals surface area contributed by atoms with Gasteiger partial charge in [-0.15, -0.1) is 0 Å². The third-order valence-electron chi connectivity index (χ3n) is 14.0. The Morgan fingerprint density at radius 3 is 0.900 bits per heavy atom. The van der Waals surface area contributed by atoms with Crippen LogP contribution in [-0.4, -0.2) is 105 Å². The van der Waals surface area contributed by atoms with E-state index in [-0.39, 0.29) is 47.2 Å². The molecule has 0 unspecified atom stereocenters. The van der Waals surface area contributed by atoms with Crippen LogP contribution in [0.3, 0.4) is 0 Å². The van der Waals surface area contributed by atoms with E-state index in [4.69, 9.17) is 20.0 Å². The summed E-state index contributed by atoms with van der Waals surface area (Å²) in [6.07, 6.45) is 6.99. The van der Waals surface area contributed by atoms with Gasteiger partial charge in [0.15, 0.2) is 0 Å². The van der Waals surface area contributed by atoms with Crippen LogP contribution in [0.4, 0.5) is 0 Å². The summed E-state index contributed by atoms with van der Waals surface area (Å²) in [5.41, 5.74) is 6.99. The lowest BCUT2D eigenvalue weighted by atomic mass is 9.77. The number of hydrogen-bond acceptors (Lipinski definition) is 10. The standard InChI is InChI=1S/C56H54Br4N6O4/c1-55(2)39-15-35(51(67)43(57)19-39)23-61-47-29-65(27-33-11-7-5-8-12-33)31-49(47)63-25-37-17-41(21-45(59)53(37)69)56(3,4)42-18-38(54(70)46(60)22-42)26-64-50-32-66(28-34-13-9-6-10-14-34)30-48(50)62-24-36-16-40(55)20-44(58)52(36)68/h5-26,47-50,67-70H,27-32H2,1-4H3/t47-,48-,49-,50-/m1/s1. The Bertz CT molecular complexity index is 2690. The molecule has 3 aliphatic rings. The van der Waals surface area contributed by atoms with Gasteiger partial charge in [0.1, 0.15) is 23.0 Å². The Hall–Kier alpha value is -4.96. The van der Waals surface area contributed by atoms with Crippen LogP contribution in [0.15, 0.2) is 147 Å². The maximum Gasteiger partial charge on any atom is 0.138 e. The topological polar surface area (TPSA) is 137 Å². The number of hydrogen-bond donors (Lipinski definition) is 4. The van der Waals surface area contributed by atoms with E-state index in [1.165, 1.54) is 11.1 Å². The molecule has 3 heterocycles.